The van der Waals surface area contributed by atoms with Gasteiger partial charge in [0.2, 0.25) is 0 Å². The second-order valence-electron chi connectivity index (χ2n) is 4.68. The molecule has 0 spiro atoms. The first-order chi connectivity index (χ1) is 7.66. The standard InChI is InChI=1S/C14H19NO/c1-11-9-13(12(2)16)5-6-14(11)10-15-7-3-4-8-15/h5-6,9H,3-4,7-8,10H2,1-2H3. The van der Waals surface area contributed by atoms with Crippen LogP contribution >= 0.6 is 0 Å². The van der Waals surface area contributed by atoms with Crippen LogP contribution in [-0.2, 0) is 6.54 Å². The zero-order valence-electron chi connectivity index (χ0n) is 10.1. The molecular weight excluding hydrogens is 198 g/mol. The van der Waals surface area contributed by atoms with Crippen LogP contribution in [0.15, 0.2) is 18.2 Å². The van der Waals surface area contributed by atoms with Crippen molar-refractivity contribution in [1.29, 1.82) is 0 Å². The number of Topliss-reactive ketones (excluding diaryl/α,β-unsaturated/α-hetero) is 1. The summed E-state index contributed by atoms with van der Waals surface area (Å²) in [6.45, 7) is 7.18. The Bertz CT molecular complexity index is 392. The Morgan fingerprint density at radius 1 is 1.31 bits per heavy atom. The van der Waals surface area contributed by atoms with E-state index in [0.717, 1.165) is 12.1 Å². The Labute approximate surface area is 97.3 Å². The normalized spacial score (nSPS) is 16.6. The van der Waals surface area contributed by atoms with Crippen molar-refractivity contribution in [2.75, 3.05) is 13.1 Å². The van der Waals surface area contributed by atoms with Crippen LogP contribution in [0.3, 0.4) is 0 Å². The van der Waals surface area contributed by atoms with Crippen molar-refractivity contribution >= 4 is 5.78 Å². The van der Waals surface area contributed by atoms with Crippen LogP contribution in [0, 0.1) is 6.92 Å². The molecule has 1 aliphatic heterocycles. The zero-order valence-corrected chi connectivity index (χ0v) is 10.1. The Morgan fingerprint density at radius 2 is 2.00 bits per heavy atom. The van der Waals surface area contributed by atoms with E-state index >= 15 is 0 Å². The predicted molar refractivity (Wildman–Crippen MR) is 65.7 cm³/mol. The number of hydrogen-bond acceptors (Lipinski definition) is 2. The molecule has 2 heteroatoms. The highest BCUT2D eigenvalue weighted by molar-refractivity contribution is 5.94. The molecule has 0 aromatic heterocycles. The molecule has 0 radical (unpaired) electrons. The van der Waals surface area contributed by atoms with E-state index in [2.05, 4.69) is 17.9 Å². The highest BCUT2D eigenvalue weighted by Gasteiger charge is 2.13. The summed E-state index contributed by atoms with van der Waals surface area (Å²) >= 11 is 0. The lowest BCUT2D eigenvalue weighted by Gasteiger charge is -2.16. The van der Waals surface area contributed by atoms with Crippen molar-refractivity contribution in [2.45, 2.75) is 33.2 Å². The summed E-state index contributed by atoms with van der Waals surface area (Å²) in [5.74, 6) is 0.149. The molecule has 0 atom stereocenters. The van der Waals surface area contributed by atoms with Gasteiger partial charge >= 0.3 is 0 Å². The lowest BCUT2D eigenvalue weighted by molar-refractivity contribution is 0.101. The van der Waals surface area contributed by atoms with Gasteiger partial charge in [0.25, 0.3) is 0 Å². The molecule has 0 aliphatic carbocycles. The van der Waals surface area contributed by atoms with E-state index in [1.807, 2.05) is 12.1 Å². The van der Waals surface area contributed by atoms with Crippen molar-refractivity contribution in [3.8, 4) is 0 Å². The Morgan fingerprint density at radius 3 is 2.56 bits per heavy atom. The molecule has 1 aromatic carbocycles. The van der Waals surface area contributed by atoms with Crippen LogP contribution in [0.1, 0.15) is 41.3 Å². The first kappa shape index (κ1) is 11.3. The lowest BCUT2D eigenvalue weighted by Crippen LogP contribution is -2.19. The fourth-order valence-corrected chi connectivity index (χ4v) is 2.27. The van der Waals surface area contributed by atoms with E-state index in [-0.39, 0.29) is 5.78 Å². The van der Waals surface area contributed by atoms with E-state index in [9.17, 15) is 4.79 Å². The van der Waals surface area contributed by atoms with Crippen LogP contribution < -0.4 is 0 Å². The van der Waals surface area contributed by atoms with Gasteiger partial charge in [0.1, 0.15) is 0 Å². The molecule has 0 saturated carbocycles. The largest absolute Gasteiger partial charge is 0.299 e. The third kappa shape index (κ3) is 2.50. The third-order valence-corrected chi connectivity index (χ3v) is 3.34. The van der Waals surface area contributed by atoms with Gasteiger partial charge in [-0.15, -0.1) is 0 Å². The first-order valence-corrected chi connectivity index (χ1v) is 5.99. The minimum absolute atomic E-state index is 0.149. The topological polar surface area (TPSA) is 20.3 Å². The second-order valence-corrected chi connectivity index (χ2v) is 4.68. The smallest absolute Gasteiger partial charge is 0.159 e. The molecule has 1 fully saturated rings. The summed E-state index contributed by atoms with van der Waals surface area (Å²) in [6.07, 6.45) is 2.65. The van der Waals surface area contributed by atoms with Gasteiger partial charge in [0.05, 0.1) is 0 Å². The number of nitrogens with zero attached hydrogens (tertiary/aromatic N) is 1. The van der Waals surface area contributed by atoms with E-state index in [4.69, 9.17) is 0 Å². The van der Waals surface area contributed by atoms with E-state index in [1.54, 1.807) is 6.92 Å². The van der Waals surface area contributed by atoms with Gasteiger partial charge in [-0.2, -0.15) is 0 Å². The molecule has 2 nitrogen and oxygen atoms in total. The summed E-state index contributed by atoms with van der Waals surface area (Å²) in [6, 6.07) is 6.05. The fraction of sp³-hybridized carbons (Fsp3) is 0.500. The number of ketones is 1. The lowest BCUT2D eigenvalue weighted by atomic mass is 10.0. The Balaban J connectivity index is 2.12. The third-order valence-electron chi connectivity index (χ3n) is 3.34. The monoisotopic (exact) mass is 217 g/mol. The molecule has 1 heterocycles. The summed E-state index contributed by atoms with van der Waals surface area (Å²) in [5, 5.41) is 0. The summed E-state index contributed by atoms with van der Waals surface area (Å²) in [4.78, 5) is 13.7. The van der Waals surface area contributed by atoms with Gasteiger partial charge in [-0.3, -0.25) is 9.69 Å². The fourth-order valence-electron chi connectivity index (χ4n) is 2.27. The zero-order chi connectivity index (χ0) is 11.5. The van der Waals surface area contributed by atoms with Gasteiger partial charge < -0.3 is 0 Å². The van der Waals surface area contributed by atoms with Crippen molar-refractivity contribution in [2.24, 2.45) is 0 Å². The number of likely N-dealkylation sites (tertiary alicyclic amines) is 1. The van der Waals surface area contributed by atoms with Crippen LogP contribution in [-0.4, -0.2) is 23.8 Å². The van der Waals surface area contributed by atoms with Crippen molar-refractivity contribution < 1.29 is 4.79 Å². The molecule has 1 saturated heterocycles. The highest BCUT2D eigenvalue weighted by atomic mass is 16.1. The number of benzene rings is 1. The molecule has 0 unspecified atom stereocenters. The van der Waals surface area contributed by atoms with Crippen LogP contribution in [0.25, 0.3) is 0 Å². The van der Waals surface area contributed by atoms with E-state index in [0.29, 0.717) is 0 Å². The second kappa shape index (κ2) is 4.79. The van der Waals surface area contributed by atoms with E-state index in [1.165, 1.54) is 37.1 Å². The van der Waals surface area contributed by atoms with Gasteiger partial charge in [0, 0.05) is 12.1 Å². The maximum absolute atomic E-state index is 11.2. The average molecular weight is 217 g/mol. The summed E-state index contributed by atoms with van der Waals surface area (Å²) in [7, 11) is 0. The number of rotatable bonds is 3. The molecule has 86 valence electrons. The molecule has 0 N–H and O–H groups in total. The summed E-state index contributed by atoms with van der Waals surface area (Å²) in [5.41, 5.74) is 3.41. The SMILES string of the molecule is CC(=O)c1ccc(CN2CCCC2)c(C)c1. The molecule has 16 heavy (non-hydrogen) atoms. The van der Waals surface area contributed by atoms with Crippen LogP contribution in [0.4, 0.5) is 0 Å². The van der Waals surface area contributed by atoms with E-state index < -0.39 is 0 Å². The number of hydrogen-bond donors (Lipinski definition) is 0. The predicted octanol–water partition coefficient (Wildman–Crippen LogP) is 2.79. The quantitative estimate of drug-likeness (QED) is 0.726. The van der Waals surface area contributed by atoms with Gasteiger partial charge in [-0.1, -0.05) is 12.1 Å². The van der Waals surface area contributed by atoms with Gasteiger partial charge in [-0.05, 0) is 57.0 Å². The number of carbonyl (C=O) groups excluding carboxylic acids is 1. The highest BCUT2D eigenvalue weighted by Crippen LogP contribution is 2.17. The molecule has 0 bridgehead atoms. The Hall–Kier alpha value is -1.15. The number of aryl methyl sites for hydroxylation is 1. The summed E-state index contributed by atoms with van der Waals surface area (Å²) < 4.78 is 0. The Kier molecular flexibility index (Phi) is 3.39. The van der Waals surface area contributed by atoms with Gasteiger partial charge in [0.15, 0.2) is 5.78 Å². The number of carbonyl (C=O) groups is 1. The van der Waals surface area contributed by atoms with Crippen molar-refractivity contribution in [3.05, 3.63) is 34.9 Å². The maximum Gasteiger partial charge on any atom is 0.159 e. The molecule has 1 aliphatic rings. The average Bonchev–Trinajstić information content (AvgIpc) is 2.73. The van der Waals surface area contributed by atoms with Gasteiger partial charge in [-0.25, -0.2) is 0 Å². The molecule has 2 rings (SSSR count). The first-order valence-electron chi connectivity index (χ1n) is 5.99. The molecular formula is C14H19NO. The maximum atomic E-state index is 11.2. The molecule has 0 amide bonds. The van der Waals surface area contributed by atoms with Crippen molar-refractivity contribution in [3.63, 3.8) is 0 Å². The van der Waals surface area contributed by atoms with Crippen LogP contribution in [0.2, 0.25) is 0 Å². The van der Waals surface area contributed by atoms with Crippen molar-refractivity contribution in [1.82, 2.24) is 4.90 Å². The minimum Gasteiger partial charge on any atom is -0.299 e. The molecule has 1 aromatic rings. The minimum atomic E-state index is 0.149. The van der Waals surface area contributed by atoms with Crippen LogP contribution in [0.5, 0.6) is 0 Å².